The molecule has 1 aromatic rings. The highest BCUT2D eigenvalue weighted by Crippen LogP contribution is 2.05. The summed E-state index contributed by atoms with van der Waals surface area (Å²) in [6.45, 7) is 1.93. The number of hydrogen-bond donors (Lipinski definition) is 3. The van der Waals surface area contributed by atoms with Crippen LogP contribution in [0.4, 0.5) is 5.82 Å². The van der Waals surface area contributed by atoms with Gasteiger partial charge in [-0.1, -0.05) is 0 Å². The topological polar surface area (TPSA) is 80.0 Å². The van der Waals surface area contributed by atoms with Crippen LogP contribution in [0.2, 0.25) is 0 Å². The minimum absolute atomic E-state index is 0.0700. The van der Waals surface area contributed by atoms with Crippen LogP contribution in [0.3, 0.4) is 0 Å². The molecule has 2 rings (SSSR count). The smallest absolute Gasteiger partial charge is 0.253 e. The van der Waals surface area contributed by atoms with E-state index in [1.165, 1.54) is 6.20 Å². The number of aromatic nitrogens is 1. The van der Waals surface area contributed by atoms with Crippen molar-refractivity contribution in [1.82, 2.24) is 15.6 Å². The summed E-state index contributed by atoms with van der Waals surface area (Å²) in [5, 5.41) is 6.25. The number of rotatable bonds is 2. The fourth-order valence-electron chi connectivity index (χ4n) is 1.77. The second kappa shape index (κ2) is 4.94. The fourth-order valence-corrected chi connectivity index (χ4v) is 1.77. The number of hydrogen-bond acceptors (Lipinski definition) is 4. The van der Waals surface area contributed by atoms with Gasteiger partial charge < -0.3 is 16.4 Å². The van der Waals surface area contributed by atoms with Gasteiger partial charge in [0.1, 0.15) is 5.82 Å². The van der Waals surface area contributed by atoms with Gasteiger partial charge in [-0.15, -0.1) is 0 Å². The maximum Gasteiger partial charge on any atom is 0.253 e. The van der Waals surface area contributed by atoms with Gasteiger partial charge in [-0.25, -0.2) is 4.98 Å². The third-order valence-electron chi connectivity index (χ3n) is 2.72. The number of nitrogens with zero attached hydrogens (tertiary/aromatic N) is 1. The molecule has 0 saturated carbocycles. The number of carbonyl (C=O) groups is 1. The van der Waals surface area contributed by atoms with E-state index in [1.54, 1.807) is 12.1 Å². The molecule has 1 saturated heterocycles. The lowest BCUT2D eigenvalue weighted by Gasteiger charge is -2.23. The van der Waals surface area contributed by atoms with Crippen LogP contribution in [-0.4, -0.2) is 30.0 Å². The predicted molar refractivity (Wildman–Crippen MR) is 62.0 cm³/mol. The van der Waals surface area contributed by atoms with Gasteiger partial charge in [-0.05, 0) is 38.1 Å². The zero-order valence-corrected chi connectivity index (χ0v) is 9.07. The average Bonchev–Trinajstić information content (AvgIpc) is 2.31. The summed E-state index contributed by atoms with van der Waals surface area (Å²) in [7, 11) is 0. The van der Waals surface area contributed by atoms with Crippen LogP contribution in [0.5, 0.6) is 0 Å². The van der Waals surface area contributed by atoms with E-state index in [4.69, 9.17) is 5.73 Å². The molecule has 1 amide bonds. The number of amides is 1. The first kappa shape index (κ1) is 10.9. The Kier molecular flexibility index (Phi) is 3.36. The largest absolute Gasteiger partial charge is 0.384 e. The molecule has 86 valence electrons. The molecule has 0 radical (unpaired) electrons. The van der Waals surface area contributed by atoms with E-state index >= 15 is 0 Å². The Morgan fingerprint density at radius 1 is 1.44 bits per heavy atom. The molecule has 0 atom stereocenters. The molecule has 16 heavy (non-hydrogen) atoms. The van der Waals surface area contributed by atoms with Crippen LogP contribution < -0.4 is 16.4 Å². The fraction of sp³-hybridized carbons (Fsp3) is 0.455. The first-order valence-corrected chi connectivity index (χ1v) is 5.49. The highest BCUT2D eigenvalue weighted by molar-refractivity contribution is 5.94. The van der Waals surface area contributed by atoms with Gasteiger partial charge in [0.15, 0.2) is 0 Å². The van der Waals surface area contributed by atoms with Crippen molar-refractivity contribution in [3.63, 3.8) is 0 Å². The van der Waals surface area contributed by atoms with Gasteiger partial charge in [-0.3, -0.25) is 4.79 Å². The van der Waals surface area contributed by atoms with Crippen LogP contribution in [0.15, 0.2) is 18.3 Å². The van der Waals surface area contributed by atoms with Crippen molar-refractivity contribution < 1.29 is 4.79 Å². The zero-order valence-electron chi connectivity index (χ0n) is 9.07. The molecule has 2 heterocycles. The van der Waals surface area contributed by atoms with Crippen LogP contribution in [0, 0.1) is 0 Å². The van der Waals surface area contributed by atoms with Crippen LogP contribution >= 0.6 is 0 Å². The molecular formula is C11H16N4O. The van der Waals surface area contributed by atoms with Crippen molar-refractivity contribution in [2.24, 2.45) is 0 Å². The van der Waals surface area contributed by atoms with E-state index in [-0.39, 0.29) is 11.9 Å². The Balaban J connectivity index is 1.94. The van der Waals surface area contributed by atoms with Crippen LogP contribution in [-0.2, 0) is 0 Å². The SMILES string of the molecule is Nc1ccc(C(=O)NC2CCNCC2)cn1. The molecule has 1 aliphatic heterocycles. The number of anilines is 1. The van der Waals surface area contributed by atoms with Crippen molar-refractivity contribution in [2.45, 2.75) is 18.9 Å². The summed E-state index contributed by atoms with van der Waals surface area (Å²) in [5.74, 6) is 0.359. The number of nitrogens with one attached hydrogen (secondary N) is 2. The molecular weight excluding hydrogens is 204 g/mol. The Hall–Kier alpha value is -1.62. The van der Waals surface area contributed by atoms with Crippen molar-refractivity contribution in [2.75, 3.05) is 18.8 Å². The number of piperidine rings is 1. The average molecular weight is 220 g/mol. The summed E-state index contributed by atoms with van der Waals surface area (Å²) in [5.41, 5.74) is 6.02. The standard InChI is InChI=1S/C11H16N4O/c12-10-2-1-8(7-14-10)11(16)15-9-3-5-13-6-4-9/h1-2,7,9,13H,3-6H2,(H2,12,14)(H,15,16). The monoisotopic (exact) mass is 220 g/mol. The van der Waals surface area contributed by atoms with Gasteiger partial charge in [-0.2, -0.15) is 0 Å². The summed E-state index contributed by atoms with van der Waals surface area (Å²) >= 11 is 0. The summed E-state index contributed by atoms with van der Waals surface area (Å²) in [6.07, 6.45) is 3.47. The third-order valence-corrected chi connectivity index (χ3v) is 2.72. The molecule has 1 fully saturated rings. The van der Waals surface area contributed by atoms with Crippen molar-refractivity contribution in [3.05, 3.63) is 23.9 Å². The predicted octanol–water partition coefficient (Wildman–Crippen LogP) is 0.146. The van der Waals surface area contributed by atoms with Gasteiger partial charge in [0.2, 0.25) is 0 Å². The molecule has 4 N–H and O–H groups in total. The van der Waals surface area contributed by atoms with E-state index < -0.39 is 0 Å². The maximum absolute atomic E-state index is 11.8. The van der Waals surface area contributed by atoms with Gasteiger partial charge in [0.25, 0.3) is 5.91 Å². The van der Waals surface area contributed by atoms with Gasteiger partial charge >= 0.3 is 0 Å². The Morgan fingerprint density at radius 2 is 2.19 bits per heavy atom. The van der Waals surface area contributed by atoms with Crippen molar-refractivity contribution in [3.8, 4) is 0 Å². The summed E-state index contributed by atoms with van der Waals surface area (Å²) in [6, 6.07) is 3.60. The normalized spacial score (nSPS) is 17.0. The first-order valence-electron chi connectivity index (χ1n) is 5.49. The Morgan fingerprint density at radius 3 is 2.81 bits per heavy atom. The van der Waals surface area contributed by atoms with Crippen molar-refractivity contribution in [1.29, 1.82) is 0 Å². The number of nitrogens with two attached hydrogens (primary N) is 1. The molecule has 0 aliphatic carbocycles. The van der Waals surface area contributed by atoms with E-state index in [2.05, 4.69) is 15.6 Å². The zero-order chi connectivity index (χ0) is 11.4. The Labute approximate surface area is 94.4 Å². The third kappa shape index (κ3) is 2.70. The maximum atomic E-state index is 11.8. The molecule has 0 bridgehead atoms. The number of carbonyl (C=O) groups excluding carboxylic acids is 1. The van der Waals surface area contributed by atoms with Crippen LogP contribution in [0.1, 0.15) is 23.2 Å². The first-order chi connectivity index (χ1) is 7.75. The molecule has 0 spiro atoms. The summed E-state index contributed by atoms with van der Waals surface area (Å²) in [4.78, 5) is 15.7. The highest BCUT2D eigenvalue weighted by Gasteiger charge is 2.16. The lowest BCUT2D eigenvalue weighted by molar-refractivity contribution is 0.0929. The van der Waals surface area contributed by atoms with Gasteiger partial charge in [0.05, 0.1) is 5.56 Å². The number of pyridine rings is 1. The molecule has 1 aromatic heterocycles. The molecule has 5 nitrogen and oxygen atoms in total. The van der Waals surface area contributed by atoms with E-state index in [9.17, 15) is 4.79 Å². The minimum Gasteiger partial charge on any atom is -0.384 e. The highest BCUT2D eigenvalue weighted by atomic mass is 16.1. The van der Waals surface area contributed by atoms with E-state index in [0.717, 1.165) is 25.9 Å². The summed E-state index contributed by atoms with van der Waals surface area (Å²) < 4.78 is 0. The van der Waals surface area contributed by atoms with E-state index in [0.29, 0.717) is 11.4 Å². The molecule has 1 aliphatic rings. The van der Waals surface area contributed by atoms with Crippen molar-refractivity contribution >= 4 is 11.7 Å². The quantitative estimate of drug-likeness (QED) is 0.662. The van der Waals surface area contributed by atoms with E-state index in [1.807, 2.05) is 0 Å². The van der Waals surface area contributed by atoms with Gasteiger partial charge in [0, 0.05) is 12.2 Å². The minimum atomic E-state index is -0.0700. The molecule has 5 heteroatoms. The lowest BCUT2D eigenvalue weighted by Crippen LogP contribution is -2.42. The van der Waals surface area contributed by atoms with Crippen LogP contribution in [0.25, 0.3) is 0 Å². The second-order valence-electron chi connectivity index (χ2n) is 3.97. The Bertz CT molecular complexity index is 357. The molecule has 0 aromatic carbocycles. The number of nitrogen functional groups attached to an aromatic ring is 1. The molecule has 0 unspecified atom stereocenters. The lowest BCUT2D eigenvalue weighted by atomic mass is 10.1. The second-order valence-corrected chi connectivity index (χ2v) is 3.97.